The average molecular weight is 256 g/mol. The molecule has 13 heavy (non-hydrogen) atoms. The molecule has 2 aromatic rings. The van der Waals surface area contributed by atoms with E-state index in [0.29, 0.717) is 5.19 Å². The van der Waals surface area contributed by atoms with Gasteiger partial charge in [-0.05, 0) is 28.1 Å². The van der Waals surface area contributed by atoms with Gasteiger partial charge >= 0.3 is 0 Å². The molecule has 0 unspecified atom stereocenters. The van der Waals surface area contributed by atoms with E-state index in [2.05, 4.69) is 20.9 Å². The number of halogens is 1. The predicted molar refractivity (Wildman–Crippen MR) is 56.3 cm³/mol. The third kappa shape index (κ3) is 2.29. The Morgan fingerprint density at radius 3 is 2.62 bits per heavy atom. The van der Waals surface area contributed by atoms with Crippen LogP contribution in [-0.2, 0) is 0 Å². The fraction of sp³-hybridized carbons (Fsp3) is 0. The van der Waals surface area contributed by atoms with Gasteiger partial charge in [-0.1, -0.05) is 29.5 Å². The summed E-state index contributed by atoms with van der Waals surface area (Å²) in [5.74, 6) is 0.810. The minimum Gasteiger partial charge on any atom is -0.431 e. The zero-order valence-electron chi connectivity index (χ0n) is 6.61. The first-order chi connectivity index (χ1) is 6.34. The topological polar surface area (TPSA) is 22.1 Å². The lowest BCUT2D eigenvalue weighted by atomic mass is 10.3. The van der Waals surface area contributed by atoms with Crippen molar-refractivity contribution in [1.29, 1.82) is 0 Å². The molecule has 1 aromatic carbocycles. The van der Waals surface area contributed by atoms with Gasteiger partial charge in [-0.2, -0.15) is 4.98 Å². The first-order valence-electron chi connectivity index (χ1n) is 3.68. The molecule has 1 aromatic heterocycles. The van der Waals surface area contributed by atoms with Crippen LogP contribution in [0.3, 0.4) is 0 Å². The Labute approximate surface area is 88.3 Å². The molecule has 0 aliphatic carbocycles. The monoisotopic (exact) mass is 255 g/mol. The van der Waals surface area contributed by atoms with Crippen LogP contribution in [0.1, 0.15) is 0 Å². The van der Waals surface area contributed by atoms with Gasteiger partial charge in [0.2, 0.25) is 0 Å². The van der Waals surface area contributed by atoms with Gasteiger partial charge in [-0.25, -0.2) is 0 Å². The highest BCUT2D eigenvalue weighted by Gasteiger charge is 2.00. The number of ether oxygens (including phenoxy) is 1. The molecule has 66 valence electrons. The van der Waals surface area contributed by atoms with E-state index in [1.165, 1.54) is 11.3 Å². The van der Waals surface area contributed by atoms with Crippen LogP contribution in [0.2, 0.25) is 0 Å². The molecule has 2 nitrogen and oxygen atoms in total. The van der Waals surface area contributed by atoms with Crippen molar-refractivity contribution in [3.05, 3.63) is 40.3 Å². The number of rotatable bonds is 2. The Balaban J connectivity index is 2.15. The molecule has 4 heteroatoms. The van der Waals surface area contributed by atoms with Crippen LogP contribution in [-0.4, -0.2) is 4.98 Å². The van der Waals surface area contributed by atoms with E-state index >= 15 is 0 Å². The third-order valence-electron chi connectivity index (χ3n) is 1.40. The van der Waals surface area contributed by atoms with Crippen LogP contribution in [0.25, 0.3) is 0 Å². The van der Waals surface area contributed by atoms with Gasteiger partial charge in [-0.3, -0.25) is 0 Å². The Bertz CT molecular complexity index is 388. The maximum absolute atomic E-state index is 5.48. The van der Waals surface area contributed by atoms with E-state index in [0.717, 1.165) is 10.4 Å². The van der Waals surface area contributed by atoms with E-state index in [9.17, 15) is 0 Å². The van der Waals surface area contributed by atoms with Crippen LogP contribution in [0.5, 0.6) is 10.9 Å². The summed E-state index contributed by atoms with van der Waals surface area (Å²) in [7, 11) is 0. The highest BCUT2D eigenvalue weighted by molar-refractivity contribution is 9.10. The smallest absolute Gasteiger partial charge is 0.279 e. The minimum absolute atomic E-state index is 0.651. The van der Waals surface area contributed by atoms with Gasteiger partial charge in [-0.15, -0.1) is 0 Å². The average Bonchev–Trinajstić information content (AvgIpc) is 2.53. The fourth-order valence-corrected chi connectivity index (χ4v) is 1.98. The molecule has 1 heterocycles. The number of hydrogen-bond donors (Lipinski definition) is 0. The molecule has 0 fully saturated rings. The summed E-state index contributed by atoms with van der Waals surface area (Å²) in [6, 6.07) is 9.60. The lowest BCUT2D eigenvalue weighted by Gasteiger charge is -1.98. The third-order valence-corrected chi connectivity index (χ3v) is 2.83. The molecule has 0 amide bonds. The molecule has 0 N–H and O–H groups in total. The number of aromatic nitrogens is 1. The van der Waals surface area contributed by atoms with Gasteiger partial charge < -0.3 is 4.74 Å². The Morgan fingerprint density at radius 2 is 2.00 bits per heavy atom. The van der Waals surface area contributed by atoms with Crippen molar-refractivity contribution in [3.8, 4) is 10.9 Å². The van der Waals surface area contributed by atoms with Crippen molar-refractivity contribution >= 4 is 27.3 Å². The number of hydrogen-bond acceptors (Lipinski definition) is 3. The van der Waals surface area contributed by atoms with Crippen molar-refractivity contribution < 1.29 is 4.74 Å². The quantitative estimate of drug-likeness (QED) is 0.817. The van der Waals surface area contributed by atoms with Crippen molar-refractivity contribution in [3.63, 3.8) is 0 Å². The van der Waals surface area contributed by atoms with Crippen molar-refractivity contribution in [2.75, 3.05) is 0 Å². The van der Waals surface area contributed by atoms with E-state index in [4.69, 9.17) is 4.74 Å². The van der Waals surface area contributed by atoms with Gasteiger partial charge in [0.15, 0.2) is 0 Å². The summed E-state index contributed by atoms with van der Waals surface area (Å²) < 4.78 is 6.29. The van der Waals surface area contributed by atoms with Crippen LogP contribution >= 0.6 is 27.3 Å². The SMILES string of the molecule is Brc1csc(Oc2ccccc2)n1. The highest BCUT2D eigenvalue weighted by atomic mass is 79.9. The predicted octanol–water partition coefficient (Wildman–Crippen LogP) is 3.70. The van der Waals surface area contributed by atoms with Crippen molar-refractivity contribution in [2.45, 2.75) is 0 Å². The Hall–Kier alpha value is -0.870. The molecule has 0 saturated carbocycles. The van der Waals surface area contributed by atoms with Crippen molar-refractivity contribution in [1.82, 2.24) is 4.98 Å². The first-order valence-corrected chi connectivity index (χ1v) is 5.36. The summed E-state index contributed by atoms with van der Waals surface area (Å²) in [5, 5.41) is 2.54. The summed E-state index contributed by atoms with van der Waals surface area (Å²) >= 11 is 4.73. The highest BCUT2D eigenvalue weighted by Crippen LogP contribution is 2.26. The lowest BCUT2D eigenvalue weighted by molar-refractivity contribution is 0.478. The van der Waals surface area contributed by atoms with Crippen LogP contribution in [0.4, 0.5) is 0 Å². The van der Waals surface area contributed by atoms with Crippen LogP contribution in [0, 0.1) is 0 Å². The summed E-state index contributed by atoms with van der Waals surface area (Å²) in [5.41, 5.74) is 0. The van der Waals surface area contributed by atoms with Crippen LogP contribution < -0.4 is 4.74 Å². The van der Waals surface area contributed by atoms with E-state index < -0.39 is 0 Å². The normalized spacial score (nSPS) is 9.92. The zero-order chi connectivity index (χ0) is 9.10. The second kappa shape index (κ2) is 3.89. The molecule has 0 spiro atoms. The zero-order valence-corrected chi connectivity index (χ0v) is 9.01. The van der Waals surface area contributed by atoms with Gasteiger partial charge in [0.25, 0.3) is 5.19 Å². The van der Waals surface area contributed by atoms with Crippen molar-refractivity contribution in [2.24, 2.45) is 0 Å². The molecule has 0 saturated heterocycles. The molecule has 2 rings (SSSR count). The lowest BCUT2D eigenvalue weighted by Crippen LogP contribution is -1.81. The summed E-state index contributed by atoms with van der Waals surface area (Å²) in [6.45, 7) is 0. The van der Waals surface area contributed by atoms with Gasteiger partial charge in [0, 0.05) is 5.38 Å². The number of thiazole rings is 1. The van der Waals surface area contributed by atoms with Gasteiger partial charge in [0.05, 0.1) is 0 Å². The molecule has 0 bridgehead atoms. The summed E-state index contributed by atoms with van der Waals surface area (Å²) in [4.78, 5) is 4.12. The standard InChI is InChI=1S/C9H6BrNOS/c10-8-6-13-9(11-8)12-7-4-2-1-3-5-7/h1-6H. The maximum Gasteiger partial charge on any atom is 0.279 e. The van der Waals surface area contributed by atoms with E-state index in [1.54, 1.807) is 0 Å². The second-order valence-corrected chi connectivity index (χ2v) is 3.98. The first kappa shape index (κ1) is 8.72. The maximum atomic E-state index is 5.48. The fourth-order valence-electron chi connectivity index (χ4n) is 0.875. The number of para-hydroxylation sites is 1. The molecule has 0 atom stereocenters. The second-order valence-electron chi connectivity index (χ2n) is 2.35. The Kier molecular flexibility index (Phi) is 2.61. The molecular formula is C9H6BrNOS. The number of nitrogens with zero attached hydrogens (tertiary/aromatic N) is 1. The van der Waals surface area contributed by atoms with Crippen LogP contribution in [0.15, 0.2) is 40.3 Å². The largest absolute Gasteiger partial charge is 0.431 e. The van der Waals surface area contributed by atoms with E-state index in [-0.39, 0.29) is 0 Å². The molecule has 0 radical (unpaired) electrons. The molecule has 0 aliphatic rings. The molecular weight excluding hydrogens is 250 g/mol. The Morgan fingerprint density at radius 1 is 1.23 bits per heavy atom. The molecule has 0 aliphatic heterocycles. The number of benzene rings is 1. The van der Waals surface area contributed by atoms with E-state index in [1.807, 2.05) is 35.7 Å². The minimum atomic E-state index is 0.651. The van der Waals surface area contributed by atoms with Gasteiger partial charge in [0.1, 0.15) is 10.4 Å². The summed E-state index contributed by atoms with van der Waals surface area (Å²) in [6.07, 6.45) is 0.